The summed E-state index contributed by atoms with van der Waals surface area (Å²) in [4.78, 5) is 0. The van der Waals surface area contributed by atoms with Gasteiger partial charge in [0, 0.05) is 35.7 Å². The smallest absolute Gasteiger partial charge is 0.127 e. The topological polar surface area (TPSA) is 41.5 Å². The summed E-state index contributed by atoms with van der Waals surface area (Å²) in [6.07, 6.45) is 1.77. The molecule has 1 unspecified atom stereocenters. The average Bonchev–Trinajstić information content (AvgIpc) is 2.74. The number of rotatable bonds is 5. The van der Waals surface area contributed by atoms with Crippen LogP contribution in [0.25, 0.3) is 0 Å². The van der Waals surface area contributed by atoms with E-state index in [2.05, 4.69) is 40.3 Å². The lowest BCUT2D eigenvalue weighted by molar-refractivity contribution is 0.268. The summed E-state index contributed by atoms with van der Waals surface area (Å²) in [6, 6.07) is 4.54. The fourth-order valence-corrected chi connectivity index (χ4v) is 2.61. The number of hydrogen-bond donors (Lipinski definition) is 2. The molecule has 17 heavy (non-hydrogen) atoms. The van der Waals surface area contributed by atoms with Crippen molar-refractivity contribution in [1.29, 1.82) is 0 Å². The van der Waals surface area contributed by atoms with E-state index in [0.717, 1.165) is 36.2 Å². The minimum Gasteiger partial charge on any atom is -0.493 e. The maximum atomic E-state index is 8.86. The zero-order valence-corrected chi connectivity index (χ0v) is 11.6. The fourth-order valence-electron chi connectivity index (χ4n) is 2.06. The highest BCUT2D eigenvalue weighted by Gasteiger charge is 2.17. The van der Waals surface area contributed by atoms with E-state index >= 15 is 0 Å². The van der Waals surface area contributed by atoms with Crippen LogP contribution in [0.5, 0.6) is 5.75 Å². The van der Waals surface area contributed by atoms with Gasteiger partial charge in [0.25, 0.3) is 0 Å². The molecular formula is C13H18BrNO2. The highest BCUT2D eigenvalue weighted by atomic mass is 79.9. The maximum absolute atomic E-state index is 8.86. The Morgan fingerprint density at radius 1 is 1.53 bits per heavy atom. The number of hydrogen-bond acceptors (Lipinski definition) is 3. The number of nitrogens with one attached hydrogen (secondary N) is 1. The standard InChI is InChI=1S/C13H18BrNO2/c1-9(2-4-16)15-8-11-7-12(14)6-10-3-5-17-13(10)11/h6-7,9,15-16H,2-5,8H2,1H3. The van der Waals surface area contributed by atoms with Crippen LogP contribution in [0.2, 0.25) is 0 Å². The van der Waals surface area contributed by atoms with E-state index in [9.17, 15) is 0 Å². The van der Waals surface area contributed by atoms with E-state index in [1.165, 1.54) is 11.1 Å². The van der Waals surface area contributed by atoms with Crippen molar-refractivity contribution < 1.29 is 9.84 Å². The normalized spacial score (nSPS) is 15.5. The van der Waals surface area contributed by atoms with Gasteiger partial charge in [-0.15, -0.1) is 0 Å². The molecular weight excluding hydrogens is 282 g/mol. The quantitative estimate of drug-likeness (QED) is 0.876. The van der Waals surface area contributed by atoms with E-state index in [1.807, 2.05) is 0 Å². The molecule has 0 fully saturated rings. The molecule has 2 N–H and O–H groups in total. The Labute approximate surface area is 110 Å². The number of halogens is 1. The third-order valence-corrected chi connectivity index (χ3v) is 3.49. The molecule has 1 aliphatic heterocycles. The second-order valence-corrected chi connectivity index (χ2v) is 5.36. The molecule has 0 aliphatic carbocycles. The van der Waals surface area contributed by atoms with Gasteiger partial charge in [-0.2, -0.15) is 0 Å². The van der Waals surface area contributed by atoms with E-state index in [0.29, 0.717) is 6.04 Å². The largest absolute Gasteiger partial charge is 0.493 e. The highest BCUT2D eigenvalue weighted by Crippen LogP contribution is 2.32. The lowest BCUT2D eigenvalue weighted by atomic mass is 10.1. The number of aliphatic hydroxyl groups excluding tert-OH is 1. The second kappa shape index (κ2) is 5.85. The molecule has 1 aliphatic rings. The van der Waals surface area contributed by atoms with Gasteiger partial charge < -0.3 is 15.2 Å². The highest BCUT2D eigenvalue weighted by molar-refractivity contribution is 9.10. The minimum atomic E-state index is 0.223. The third-order valence-electron chi connectivity index (χ3n) is 3.03. The van der Waals surface area contributed by atoms with Crippen LogP contribution in [0.3, 0.4) is 0 Å². The number of ether oxygens (including phenoxy) is 1. The van der Waals surface area contributed by atoms with Gasteiger partial charge in [0.15, 0.2) is 0 Å². The molecule has 0 bridgehead atoms. The van der Waals surface area contributed by atoms with Gasteiger partial charge in [-0.05, 0) is 31.0 Å². The molecule has 0 aromatic heterocycles. The van der Waals surface area contributed by atoms with Crippen LogP contribution in [-0.4, -0.2) is 24.4 Å². The first-order valence-electron chi connectivity index (χ1n) is 5.99. The summed E-state index contributed by atoms with van der Waals surface area (Å²) in [5.41, 5.74) is 2.47. The van der Waals surface area contributed by atoms with Gasteiger partial charge in [-0.25, -0.2) is 0 Å². The summed E-state index contributed by atoms with van der Waals surface area (Å²) in [5, 5.41) is 12.3. The predicted octanol–water partition coefficient (Wildman–Crippen LogP) is 2.24. The monoisotopic (exact) mass is 299 g/mol. The molecule has 1 aromatic rings. The molecule has 0 saturated heterocycles. The molecule has 1 aromatic carbocycles. The summed E-state index contributed by atoms with van der Waals surface area (Å²) in [5.74, 6) is 1.04. The van der Waals surface area contributed by atoms with Gasteiger partial charge in [0.05, 0.1) is 6.61 Å². The first kappa shape index (κ1) is 12.9. The van der Waals surface area contributed by atoms with Gasteiger partial charge in [0.1, 0.15) is 5.75 Å². The maximum Gasteiger partial charge on any atom is 0.127 e. The zero-order valence-electron chi connectivity index (χ0n) is 10.0. The molecule has 0 saturated carbocycles. The van der Waals surface area contributed by atoms with Gasteiger partial charge in [0.2, 0.25) is 0 Å². The van der Waals surface area contributed by atoms with Crippen LogP contribution in [0.1, 0.15) is 24.5 Å². The number of benzene rings is 1. The Morgan fingerprint density at radius 3 is 3.12 bits per heavy atom. The molecule has 0 spiro atoms. The second-order valence-electron chi connectivity index (χ2n) is 4.45. The van der Waals surface area contributed by atoms with Crippen LogP contribution >= 0.6 is 15.9 Å². The predicted molar refractivity (Wildman–Crippen MR) is 71.3 cm³/mol. The summed E-state index contributed by atoms with van der Waals surface area (Å²) < 4.78 is 6.77. The fraction of sp³-hybridized carbons (Fsp3) is 0.538. The van der Waals surface area contributed by atoms with E-state index in [4.69, 9.17) is 9.84 Å². The van der Waals surface area contributed by atoms with E-state index in [1.54, 1.807) is 0 Å². The minimum absolute atomic E-state index is 0.223. The summed E-state index contributed by atoms with van der Waals surface area (Å²) in [7, 11) is 0. The molecule has 2 rings (SSSR count). The number of fused-ring (bicyclic) bond motifs is 1. The molecule has 3 nitrogen and oxygen atoms in total. The lowest BCUT2D eigenvalue weighted by Crippen LogP contribution is -2.26. The van der Waals surface area contributed by atoms with E-state index in [-0.39, 0.29) is 6.61 Å². The van der Waals surface area contributed by atoms with Crippen molar-refractivity contribution in [2.45, 2.75) is 32.4 Å². The van der Waals surface area contributed by atoms with Gasteiger partial charge >= 0.3 is 0 Å². The molecule has 1 heterocycles. The van der Waals surface area contributed by atoms with Crippen LogP contribution in [0.4, 0.5) is 0 Å². The van der Waals surface area contributed by atoms with Crippen LogP contribution in [0, 0.1) is 0 Å². The number of aliphatic hydroxyl groups is 1. The molecule has 1 atom stereocenters. The Bertz CT molecular complexity index is 395. The van der Waals surface area contributed by atoms with Crippen molar-refractivity contribution in [3.05, 3.63) is 27.7 Å². The van der Waals surface area contributed by atoms with Crippen LogP contribution < -0.4 is 10.1 Å². The van der Waals surface area contributed by atoms with Crippen molar-refractivity contribution >= 4 is 15.9 Å². The Hall–Kier alpha value is -0.580. The van der Waals surface area contributed by atoms with Gasteiger partial charge in [-0.1, -0.05) is 15.9 Å². The molecule has 0 radical (unpaired) electrons. The molecule has 94 valence electrons. The van der Waals surface area contributed by atoms with Crippen molar-refractivity contribution in [3.8, 4) is 5.75 Å². The summed E-state index contributed by atoms with van der Waals surface area (Å²) >= 11 is 3.53. The van der Waals surface area contributed by atoms with Crippen LogP contribution in [-0.2, 0) is 13.0 Å². The van der Waals surface area contributed by atoms with Gasteiger partial charge in [-0.3, -0.25) is 0 Å². The van der Waals surface area contributed by atoms with Crippen molar-refractivity contribution in [1.82, 2.24) is 5.32 Å². The van der Waals surface area contributed by atoms with Crippen LogP contribution in [0.15, 0.2) is 16.6 Å². The first-order chi connectivity index (χ1) is 8.20. The zero-order chi connectivity index (χ0) is 12.3. The Morgan fingerprint density at radius 2 is 2.35 bits per heavy atom. The Balaban J connectivity index is 2.05. The van der Waals surface area contributed by atoms with Crippen molar-refractivity contribution in [2.75, 3.05) is 13.2 Å². The summed E-state index contributed by atoms with van der Waals surface area (Å²) in [6.45, 7) is 3.87. The average molecular weight is 300 g/mol. The first-order valence-corrected chi connectivity index (χ1v) is 6.78. The Kier molecular flexibility index (Phi) is 4.42. The molecule has 4 heteroatoms. The van der Waals surface area contributed by atoms with Crippen molar-refractivity contribution in [3.63, 3.8) is 0 Å². The SMILES string of the molecule is CC(CCO)NCc1cc(Br)cc2c1OCC2. The van der Waals surface area contributed by atoms with Crippen molar-refractivity contribution in [2.24, 2.45) is 0 Å². The van der Waals surface area contributed by atoms with E-state index < -0.39 is 0 Å². The third kappa shape index (κ3) is 3.21. The molecule has 0 amide bonds. The lowest BCUT2D eigenvalue weighted by Gasteiger charge is -2.14.